The molecular formula is C14H23FN4O2. The van der Waals surface area contributed by atoms with Crippen molar-refractivity contribution >= 4 is 5.84 Å². The molecule has 0 saturated carbocycles. The van der Waals surface area contributed by atoms with Crippen molar-refractivity contribution in [3.05, 3.63) is 35.1 Å². The lowest BCUT2D eigenvalue weighted by Gasteiger charge is -2.27. The summed E-state index contributed by atoms with van der Waals surface area (Å²) in [5, 5.41) is 24.5. The molecule has 0 spiro atoms. The molecule has 1 unspecified atom stereocenters. The molecule has 1 aromatic carbocycles. The Bertz CT molecular complexity index is 504. The number of rotatable bonds is 7. The van der Waals surface area contributed by atoms with E-state index in [1.807, 2.05) is 19.0 Å². The van der Waals surface area contributed by atoms with Crippen LogP contribution in [0.1, 0.15) is 18.1 Å². The molecule has 0 aliphatic rings. The first kappa shape index (κ1) is 17.4. The smallest absolute Gasteiger partial charge is 0.170 e. The summed E-state index contributed by atoms with van der Waals surface area (Å²) in [6.07, 6.45) is 0. The molecule has 0 aromatic heterocycles. The minimum absolute atomic E-state index is 0.137. The monoisotopic (exact) mass is 298 g/mol. The van der Waals surface area contributed by atoms with Gasteiger partial charge in [0, 0.05) is 30.8 Å². The topological polar surface area (TPSA) is 94.1 Å². The van der Waals surface area contributed by atoms with Gasteiger partial charge in [-0.2, -0.15) is 0 Å². The standard InChI is InChI=1S/C14H23FN4O2/c1-14(20,9-19(2)3)8-17-7-11-5-4-10(6-12(11)15)13(16)18-21/h4-6,17,20-21H,7-9H2,1-3H3,(H2,16,18). The maximum atomic E-state index is 13.9. The Morgan fingerprint density at radius 3 is 2.67 bits per heavy atom. The van der Waals surface area contributed by atoms with Crippen LogP contribution in [-0.4, -0.2) is 53.8 Å². The quantitative estimate of drug-likeness (QED) is 0.252. The molecule has 21 heavy (non-hydrogen) atoms. The molecule has 0 amide bonds. The van der Waals surface area contributed by atoms with Crippen LogP contribution in [0.3, 0.4) is 0 Å². The lowest BCUT2D eigenvalue weighted by atomic mass is 10.1. The van der Waals surface area contributed by atoms with Crippen LogP contribution in [0.4, 0.5) is 4.39 Å². The van der Waals surface area contributed by atoms with Gasteiger partial charge in [0.25, 0.3) is 0 Å². The first-order valence-corrected chi connectivity index (χ1v) is 6.59. The number of nitrogens with one attached hydrogen (secondary N) is 1. The van der Waals surface area contributed by atoms with Crippen LogP contribution in [0.5, 0.6) is 0 Å². The normalized spacial score (nSPS) is 15.2. The zero-order chi connectivity index (χ0) is 16.0. The first-order valence-electron chi connectivity index (χ1n) is 6.59. The van der Waals surface area contributed by atoms with Gasteiger partial charge < -0.3 is 26.3 Å². The summed E-state index contributed by atoms with van der Waals surface area (Å²) in [5.41, 5.74) is 5.27. The number of halogens is 1. The maximum absolute atomic E-state index is 13.9. The molecule has 1 atom stereocenters. The van der Waals surface area contributed by atoms with Gasteiger partial charge in [-0.1, -0.05) is 17.3 Å². The third-order valence-electron chi connectivity index (χ3n) is 2.93. The summed E-state index contributed by atoms with van der Waals surface area (Å²) < 4.78 is 13.9. The van der Waals surface area contributed by atoms with Crippen molar-refractivity contribution in [2.24, 2.45) is 10.9 Å². The third kappa shape index (κ3) is 5.66. The lowest BCUT2D eigenvalue weighted by Crippen LogP contribution is -2.45. The number of hydrogen-bond donors (Lipinski definition) is 4. The van der Waals surface area contributed by atoms with Crippen molar-refractivity contribution in [1.82, 2.24) is 10.2 Å². The summed E-state index contributed by atoms with van der Waals surface area (Å²) in [5.74, 6) is -0.582. The van der Waals surface area contributed by atoms with Crippen LogP contribution in [0.2, 0.25) is 0 Å². The fraction of sp³-hybridized carbons (Fsp3) is 0.500. The zero-order valence-corrected chi connectivity index (χ0v) is 12.6. The Balaban J connectivity index is 2.61. The molecule has 0 fully saturated rings. The van der Waals surface area contributed by atoms with Crippen LogP contribution in [0.15, 0.2) is 23.4 Å². The maximum Gasteiger partial charge on any atom is 0.170 e. The van der Waals surface area contributed by atoms with Crippen molar-refractivity contribution < 1.29 is 14.7 Å². The largest absolute Gasteiger partial charge is 0.409 e. The molecule has 1 rings (SSSR count). The second-order valence-electron chi connectivity index (χ2n) is 5.63. The second kappa shape index (κ2) is 7.35. The Hall–Kier alpha value is -1.70. The van der Waals surface area contributed by atoms with E-state index in [2.05, 4.69) is 10.5 Å². The fourth-order valence-electron chi connectivity index (χ4n) is 2.11. The first-order chi connectivity index (χ1) is 9.75. The predicted molar refractivity (Wildman–Crippen MR) is 79.8 cm³/mol. The van der Waals surface area contributed by atoms with Gasteiger partial charge in [-0.25, -0.2) is 4.39 Å². The number of oxime groups is 1. The Morgan fingerprint density at radius 1 is 1.48 bits per heavy atom. The van der Waals surface area contributed by atoms with Gasteiger partial charge in [-0.05, 0) is 27.1 Å². The molecule has 0 heterocycles. The van der Waals surface area contributed by atoms with E-state index in [9.17, 15) is 9.50 Å². The highest BCUT2D eigenvalue weighted by Gasteiger charge is 2.20. The van der Waals surface area contributed by atoms with Crippen LogP contribution in [-0.2, 0) is 6.54 Å². The molecule has 6 nitrogen and oxygen atoms in total. The molecule has 0 radical (unpaired) electrons. The van der Waals surface area contributed by atoms with E-state index in [1.54, 1.807) is 19.1 Å². The predicted octanol–water partition coefficient (Wildman–Crippen LogP) is 0.322. The molecule has 118 valence electrons. The van der Waals surface area contributed by atoms with Gasteiger partial charge in [0.2, 0.25) is 0 Å². The number of benzene rings is 1. The minimum Gasteiger partial charge on any atom is -0.409 e. The van der Waals surface area contributed by atoms with E-state index in [4.69, 9.17) is 10.9 Å². The van der Waals surface area contributed by atoms with Gasteiger partial charge in [-0.3, -0.25) is 0 Å². The van der Waals surface area contributed by atoms with Crippen LogP contribution in [0.25, 0.3) is 0 Å². The van der Waals surface area contributed by atoms with Gasteiger partial charge in [-0.15, -0.1) is 0 Å². The average Bonchev–Trinajstić information content (AvgIpc) is 2.38. The van der Waals surface area contributed by atoms with Crippen molar-refractivity contribution in [2.45, 2.75) is 19.1 Å². The summed E-state index contributed by atoms with van der Waals surface area (Å²) in [7, 11) is 3.75. The fourth-order valence-corrected chi connectivity index (χ4v) is 2.11. The van der Waals surface area contributed by atoms with Crippen LogP contribution < -0.4 is 11.1 Å². The van der Waals surface area contributed by atoms with Gasteiger partial charge >= 0.3 is 0 Å². The third-order valence-corrected chi connectivity index (χ3v) is 2.93. The number of likely N-dealkylation sites (N-methyl/N-ethyl adjacent to an activating group) is 1. The van der Waals surface area contributed by atoms with E-state index in [1.165, 1.54) is 6.07 Å². The number of nitrogens with zero attached hydrogens (tertiary/aromatic N) is 2. The van der Waals surface area contributed by atoms with Gasteiger partial charge in [0.1, 0.15) is 5.82 Å². The highest BCUT2D eigenvalue weighted by Crippen LogP contribution is 2.11. The SMILES string of the molecule is CN(C)CC(C)(O)CNCc1ccc(/C(N)=N/O)cc1F. The molecule has 0 aliphatic heterocycles. The van der Waals surface area contributed by atoms with E-state index < -0.39 is 11.4 Å². The number of nitrogens with two attached hydrogens (primary N) is 1. The number of amidine groups is 1. The van der Waals surface area contributed by atoms with E-state index >= 15 is 0 Å². The van der Waals surface area contributed by atoms with Gasteiger partial charge in [0.05, 0.1) is 5.60 Å². The Morgan fingerprint density at radius 2 is 2.14 bits per heavy atom. The van der Waals surface area contributed by atoms with Crippen LogP contribution in [0, 0.1) is 5.82 Å². The molecule has 0 saturated heterocycles. The molecule has 7 heteroatoms. The summed E-state index contributed by atoms with van der Waals surface area (Å²) in [6.45, 7) is 2.85. The molecule has 0 aliphatic carbocycles. The highest BCUT2D eigenvalue weighted by molar-refractivity contribution is 5.97. The summed E-state index contributed by atoms with van der Waals surface area (Å²) in [4.78, 5) is 1.88. The van der Waals surface area contributed by atoms with Crippen LogP contribution >= 0.6 is 0 Å². The Kier molecular flexibility index (Phi) is 6.07. The van der Waals surface area contributed by atoms with Crippen molar-refractivity contribution in [3.8, 4) is 0 Å². The lowest BCUT2D eigenvalue weighted by molar-refractivity contribution is 0.0335. The Labute approximate surface area is 124 Å². The minimum atomic E-state index is -0.895. The molecule has 5 N–H and O–H groups in total. The summed E-state index contributed by atoms with van der Waals surface area (Å²) in [6, 6.07) is 4.35. The van der Waals surface area contributed by atoms with Crippen molar-refractivity contribution in [1.29, 1.82) is 0 Å². The highest BCUT2D eigenvalue weighted by atomic mass is 19.1. The van der Waals surface area contributed by atoms with E-state index in [0.29, 0.717) is 24.2 Å². The number of aliphatic hydroxyl groups is 1. The summed E-state index contributed by atoms with van der Waals surface area (Å²) >= 11 is 0. The van der Waals surface area contributed by atoms with Gasteiger partial charge in [0.15, 0.2) is 5.84 Å². The zero-order valence-electron chi connectivity index (χ0n) is 12.6. The number of hydrogen-bond acceptors (Lipinski definition) is 5. The molecule has 0 bridgehead atoms. The average molecular weight is 298 g/mol. The van der Waals surface area contributed by atoms with Crippen molar-refractivity contribution in [2.75, 3.05) is 27.2 Å². The van der Waals surface area contributed by atoms with E-state index in [-0.39, 0.29) is 12.4 Å². The molecule has 1 aromatic rings. The van der Waals surface area contributed by atoms with Crippen molar-refractivity contribution in [3.63, 3.8) is 0 Å². The molecular weight excluding hydrogens is 275 g/mol. The second-order valence-corrected chi connectivity index (χ2v) is 5.63. The van der Waals surface area contributed by atoms with E-state index in [0.717, 1.165) is 0 Å².